The standard InChI is InChI=1S/C15H21FN2O3/c1-20-15(19)11-8-14(12(16)9-13(11)17)18-6-5-10-4-2-3-7-21-10/h8-10,18H,2-7,17H2,1H3. The number of nitrogens with two attached hydrogens (primary N) is 1. The molecule has 1 aromatic rings. The van der Waals surface area contributed by atoms with Gasteiger partial charge < -0.3 is 20.5 Å². The van der Waals surface area contributed by atoms with Crippen LogP contribution in [-0.4, -0.2) is 32.3 Å². The molecule has 1 aliphatic rings. The summed E-state index contributed by atoms with van der Waals surface area (Å²) in [6, 6.07) is 2.52. The molecule has 0 saturated carbocycles. The number of hydrogen-bond donors (Lipinski definition) is 2. The lowest BCUT2D eigenvalue weighted by Gasteiger charge is -2.22. The van der Waals surface area contributed by atoms with Crippen molar-refractivity contribution in [2.75, 3.05) is 31.3 Å². The topological polar surface area (TPSA) is 73.6 Å². The van der Waals surface area contributed by atoms with Gasteiger partial charge >= 0.3 is 5.97 Å². The number of rotatable bonds is 5. The van der Waals surface area contributed by atoms with Gasteiger partial charge in [0, 0.05) is 18.8 Å². The van der Waals surface area contributed by atoms with Crippen molar-refractivity contribution in [1.82, 2.24) is 0 Å². The molecule has 0 aliphatic carbocycles. The number of nitrogen functional groups attached to an aromatic ring is 1. The second kappa shape index (κ2) is 7.26. The summed E-state index contributed by atoms with van der Waals surface area (Å²) >= 11 is 0. The smallest absolute Gasteiger partial charge is 0.340 e. The van der Waals surface area contributed by atoms with Crippen molar-refractivity contribution in [3.05, 3.63) is 23.5 Å². The Balaban J connectivity index is 1.97. The third-order valence-electron chi connectivity index (χ3n) is 3.60. The second-order valence-corrected chi connectivity index (χ2v) is 5.11. The minimum Gasteiger partial charge on any atom is -0.465 e. The molecule has 1 aromatic carbocycles. The Bertz CT molecular complexity index is 502. The van der Waals surface area contributed by atoms with Crippen molar-refractivity contribution in [1.29, 1.82) is 0 Å². The van der Waals surface area contributed by atoms with Crippen molar-refractivity contribution in [2.24, 2.45) is 0 Å². The first-order valence-corrected chi connectivity index (χ1v) is 7.14. The molecule has 5 nitrogen and oxygen atoms in total. The van der Waals surface area contributed by atoms with Gasteiger partial charge in [-0.2, -0.15) is 0 Å². The number of hydrogen-bond acceptors (Lipinski definition) is 5. The van der Waals surface area contributed by atoms with Crippen LogP contribution in [0, 0.1) is 5.82 Å². The van der Waals surface area contributed by atoms with Crippen LogP contribution in [-0.2, 0) is 9.47 Å². The zero-order valence-electron chi connectivity index (χ0n) is 12.2. The fourth-order valence-electron chi connectivity index (χ4n) is 2.41. The minimum absolute atomic E-state index is 0.0699. The summed E-state index contributed by atoms with van der Waals surface area (Å²) in [6.45, 7) is 1.37. The van der Waals surface area contributed by atoms with E-state index in [9.17, 15) is 9.18 Å². The molecule has 0 bridgehead atoms. The van der Waals surface area contributed by atoms with E-state index in [2.05, 4.69) is 10.1 Å². The lowest BCUT2D eigenvalue weighted by molar-refractivity contribution is 0.0134. The van der Waals surface area contributed by atoms with Gasteiger partial charge in [0.2, 0.25) is 0 Å². The lowest BCUT2D eigenvalue weighted by Crippen LogP contribution is -2.22. The van der Waals surface area contributed by atoms with Crippen LogP contribution < -0.4 is 11.1 Å². The van der Waals surface area contributed by atoms with Crippen molar-refractivity contribution in [2.45, 2.75) is 31.8 Å². The van der Waals surface area contributed by atoms with Crippen LogP contribution in [0.15, 0.2) is 12.1 Å². The maximum Gasteiger partial charge on any atom is 0.340 e. The summed E-state index contributed by atoms with van der Waals surface area (Å²) in [6.07, 6.45) is 4.35. The molecule has 116 valence electrons. The molecule has 1 saturated heterocycles. The molecule has 1 fully saturated rings. The van der Waals surface area contributed by atoms with Crippen LogP contribution in [0.5, 0.6) is 0 Å². The highest BCUT2D eigenvalue weighted by Crippen LogP contribution is 2.23. The van der Waals surface area contributed by atoms with Crippen LogP contribution in [0.4, 0.5) is 15.8 Å². The van der Waals surface area contributed by atoms with E-state index in [1.54, 1.807) is 0 Å². The quantitative estimate of drug-likeness (QED) is 0.645. The summed E-state index contributed by atoms with van der Waals surface area (Å²) in [5.41, 5.74) is 6.11. The fourth-order valence-corrected chi connectivity index (χ4v) is 2.41. The summed E-state index contributed by atoms with van der Waals surface area (Å²) < 4.78 is 24.1. The number of nitrogens with one attached hydrogen (secondary N) is 1. The van der Waals surface area contributed by atoms with Crippen LogP contribution in [0.2, 0.25) is 0 Å². The van der Waals surface area contributed by atoms with E-state index in [-0.39, 0.29) is 23.0 Å². The number of methoxy groups -OCH3 is 1. The van der Waals surface area contributed by atoms with E-state index < -0.39 is 11.8 Å². The van der Waals surface area contributed by atoms with Crippen molar-refractivity contribution in [3.8, 4) is 0 Å². The van der Waals surface area contributed by atoms with Gasteiger partial charge in [-0.3, -0.25) is 0 Å². The Labute approximate surface area is 123 Å². The van der Waals surface area contributed by atoms with Crippen molar-refractivity contribution < 1.29 is 18.7 Å². The molecular formula is C15H21FN2O3. The molecule has 21 heavy (non-hydrogen) atoms. The monoisotopic (exact) mass is 296 g/mol. The van der Waals surface area contributed by atoms with E-state index in [0.717, 1.165) is 31.9 Å². The maximum atomic E-state index is 13.8. The average Bonchev–Trinajstić information content (AvgIpc) is 2.49. The molecule has 0 aromatic heterocycles. The van der Waals surface area contributed by atoms with Gasteiger partial charge in [0.25, 0.3) is 0 Å². The van der Waals surface area contributed by atoms with Gasteiger partial charge in [-0.05, 0) is 37.8 Å². The summed E-state index contributed by atoms with van der Waals surface area (Å²) in [4.78, 5) is 11.5. The van der Waals surface area contributed by atoms with Gasteiger partial charge in [-0.1, -0.05) is 0 Å². The van der Waals surface area contributed by atoms with Gasteiger partial charge in [0.1, 0.15) is 5.82 Å². The minimum atomic E-state index is -0.578. The Morgan fingerprint density at radius 2 is 2.33 bits per heavy atom. The first kappa shape index (κ1) is 15.6. The summed E-state index contributed by atoms with van der Waals surface area (Å²) in [7, 11) is 1.26. The number of halogens is 1. The van der Waals surface area contributed by atoms with Crippen molar-refractivity contribution >= 4 is 17.3 Å². The number of esters is 1. The first-order chi connectivity index (χ1) is 10.1. The van der Waals surface area contributed by atoms with E-state index in [0.29, 0.717) is 6.54 Å². The third kappa shape index (κ3) is 4.07. The molecule has 0 spiro atoms. The predicted octanol–water partition coefficient (Wildman–Crippen LogP) is 2.57. The van der Waals surface area contributed by atoms with Gasteiger partial charge in [-0.15, -0.1) is 0 Å². The maximum absolute atomic E-state index is 13.8. The summed E-state index contributed by atoms with van der Waals surface area (Å²) in [5.74, 6) is -1.06. The molecule has 0 amide bonds. The zero-order chi connectivity index (χ0) is 15.2. The average molecular weight is 296 g/mol. The highest BCUT2D eigenvalue weighted by Gasteiger charge is 2.16. The Morgan fingerprint density at radius 3 is 3.00 bits per heavy atom. The number of anilines is 2. The lowest BCUT2D eigenvalue weighted by atomic mass is 10.1. The zero-order valence-corrected chi connectivity index (χ0v) is 12.2. The molecule has 6 heteroatoms. The molecule has 1 heterocycles. The SMILES string of the molecule is COC(=O)c1cc(NCCC2CCCCO2)c(F)cc1N. The molecule has 0 radical (unpaired) electrons. The predicted molar refractivity (Wildman–Crippen MR) is 78.8 cm³/mol. The largest absolute Gasteiger partial charge is 0.465 e. The molecular weight excluding hydrogens is 275 g/mol. The van der Waals surface area contributed by atoms with E-state index in [1.165, 1.54) is 19.6 Å². The van der Waals surface area contributed by atoms with E-state index >= 15 is 0 Å². The number of benzene rings is 1. The molecule has 2 rings (SSSR count). The number of ether oxygens (including phenoxy) is 2. The van der Waals surface area contributed by atoms with Gasteiger partial charge in [-0.25, -0.2) is 9.18 Å². The molecule has 3 N–H and O–H groups in total. The number of carbonyl (C=O) groups excluding carboxylic acids is 1. The molecule has 1 atom stereocenters. The third-order valence-corrected chi connectivity index (χ3v) is 3.60. The van der Waals surface area contributed by atoms with Crippen LogP contribution in [0.1, 0.15) is 36.0 Å². The van der Waals surface area contributed by atoms with Crippen molar-refractivity contribution in [3.63, 3.8) is 0 Å². The van der Waals surface area contributed by atoms with Crippen LogP contribution in [0.25, 0.3) is 0 Å². The van der Waals surface area contributed by atoms with Crippen LogP contribution in [0.3, 0.4) is 0 Å². The van der Waals surface area contributed by atoms with Crippen LogP contribution >= 0.6 is 0 Å². The van der Waals surface area contributed by atoms with Gasteiger partial charge in [0.05, 0.1) is 24.5 Å². The highest BCUT2D eigenvalue weighted by molar-refractivity contribution is 5.96. The Kier molecular flexibility index (Phi) is 5.38. The normalized spacial score (nSPS) is 18.3. The second-order valence-electron chi connectivity index (χ2n) is 5.11. The fraction of sp³-hybridized carbons (Fsp3) is 0.533. The van der Waals surface area contributed by atoms with Gasteiger partial charge in [0.15, 0.2) is 0 Å². The molecule has 1 aliphatic heterocycles. The molecule has 1 unspecified atom stereocenters. The number of carbonyl (C=O) groups is 1. The Morgan fingerprint density at radius 1 is 1.52 bits per heavy atom. The van der Waals surface area contributed by atoms with E-state index in [4.69, 9.17) is 10.5 Å². The van der Waals surface area contributed by atoms with E-state index in [1.807, 2.05) is 0 Å². The summed E-state index contributed by atoms with van der Waals surface area (Å²) in [5, 5.41) is 2.99. The highest BCUT2D eigenvalue weighted by atomic mass is 19.1. The first-order valence-electron chi connectivity index (χ1n) is 7.14. The Hall–Kier alpha value is -1.82.